The summed E-state index contributed by atoms with van der Waals surface area (Å²) in [5, 5.41) is 14.6. The number of hydrogen-bond acceptors (Lipinski definition) is 4. The van der Waals surface area contributed by atoms with E-state index in [9.17, 15) is 14.7 Å². The van der Waals surface area contributed by atoms with Crippen LogP contribution in [-0.4, -0.2) is 29.4 Å². The average molecular weight is 303 g/mol. The first kappa shape index (κ1) is 16.0. The van der Waals surface area contributed by atoms with Gasteiger partial charge in [0.05, 0.1) is 0 Å². The van der Waals surface area contributed by atoms with Gasteiger partial charge in [0.2, 0.25) is 17.8 Å². The van der Waals surface area contributed by atoms with Crippen molar-refractivity contribution in [1.82, 2.24) is 10.6 Å². The molecule has 0 spiro atoms. The molecule has 0 bridgehead atoms. The Labute approximate surface area is 129 Å². The minimum atomic E-state index is -0.990. The highest BCUT2D eigenvalue weighted by Gasteiger charge is 2.46. The first-order valence-corrected chi connectivity index (χ1v) is 7.47. The first-order chi connectivity index (χ1) is 10.5. The average Bonchev–Trinajstić information content (AvgIpc) is 2.50. The molecular weight excluding hydrogens is 282 g/mol. The molecule has 1 aromatic carbocycles. The molecule has 1 aromatic rings. The molecule has 0 aliphatic carbocycles. The normalized spacial score (nSPS) is 16.9. The number of rotatable bonds is 5. The summed E-state index contributed by atoms with van der Waals surface area (Å²) in [5.74, 6) is -0.141. The van der Waals surface area contributed by atoms with Crippen LogP contribution in [0.4, 0.5) is 0 Å². The summed E-state index contributed by atoms with van der Waals surface area (Å²) in [6, 6.07) is 6.85. The molecule has 1 saturated heterocycles. The maximum absolute atomic E-state index is 12.2. The van der Waals surface area contributed by atoms with Gasteiger partial charge in [0.15, 0.2) is 0 Å². The Morgan fingerprint density at radius 3 is 2.09 bits per heavy atom. The number of phenols is 1. The Hall–Kier alpha value is -2.37. The lowest BCUT2D eigenvalue weighted by Crippen LogP contribution is -2.62. The van der Waals surface area contributed by atoms with E-state index in [-0.39, 0.29) is 23.5 Å². The number of phenolic OH excluding ortho intramolecular Hbond substituents is 1. The lowest BCUT2D eigenvalue weighted by molar-refractivity contribution is -0.144. The second-order valence-corrected chi connectivity index (χ2v) is 5.34. The van der Waals surface area contributed by atoms with E-state index < -0.39 is 5.41 Å². The minimum absolute atomic E-state index is 0.214. The van der Waals surface area contributed by atoms with Crippen LogP contribution in [0.2, 0.25) is 0 Å². The fourth-order valence-corrected chi connectivity index (χ4v) is 2.52. The summed E-state index contributed by atoms with van der Waals surface area (Å²) in [4.78, 5) is 28.6. The molecule has 6 nitrogen and oxygen atoms in total. The Kier molecular flexibility index (Phi) is 4.80. The van der Waals surface area contributed by atoms with Gasteiger partial charge >= 0.3 is 0 Å². The predicted octanol–water partition coefficient (Wildman–Crippen LogP) is 1.34. The Bertz CT molecular complexity index is 567. The lowest BCUT2D eigenvalue weighted by atomic mass is 9.79. The summed E-state index contributed by atoms with van der Waals surface area (Å²) in [5.41, 5.74) is 0.0303. The van der Waals surface area contributed by atoms with Crippen LogP contribution < -0.4 is 10.6 Å². The van der Waals surface area contributed by atoms with Crippen LogP contribution >= 0.6 is 0 Å². The van der Waals surface area contributed by atoms with Crippen LogP contribution in [0.1, 0.15) is 32.3 Å². The third kappa shape index (κ3) is 3.10. The number of guanidine groups is 1. The molecule has 6 heteroatoms. The highest BCUT2D eigenvalue weighted by Crippen LogP contribution is 2.28. The summed E-state index contributed by atoms with van der Waals surface area (Å²) < 4.78 is 0. The van der Waals surface area contributed by atoms with E-state index in [0.717, 1.165) is 5.56 Å². The van der Waals surface area contributed by atoms with Gasteiger partial charge in [-0.3, -0.25) is 25.2 Å². The molecular formula is C16H21N3O3. The number of carbonyl (C=O) groups excluding carboxylic acids is 2. The van der Waals surface area contributed by atoms with Crippen molar-refractivity contribution in [2.45, 2.75) is 33.1 Å². The largest absolute Gasteiger partial charge is 0.508 e. The topological polar surface area (TPSA) is 90.8 Å². The zero-order valence-corrected chi connectivity index (χ0v) is 12.8. The molecule has 118 valence electrons. The molecule has 0 aromatic heterocycles. The summed E-state index contributed by atoms with van der Waals surface area (Å²) in [7, 11) is 0. The molecule has 2 amide bonds. The zero-order valence-electron chi connectivity index (χ0n) is 12.8. The monoisotopic (exact) mass is 303 g/mol. The molecule has 0 unspecified atom stereocenters. The van der Waals surface area contributed by atoms with Crippen molar-refractivity contribution in [3.8, 4) is 5.75 Å². The number of hydrogen-bond donors (Lipinski definition) is 3. The number of nitrogens with one attached hydrogen (secondary N) is 2. The maximum atomic E-state index is 12.2. The molecule has 1 aliphatic heterocycles. The molecule has 1 fully saturated rings. The number of amides is 2. The minimum Gasteiger partial charge on any atom is -0.508 e. The molecule has 3 N–H and O–H groups in total. The van der Waals surface area contributed by atoms with Crippen molar-refractivity contribution in [2.24, 2.45) is 10.4 Å². The Morgan fingerprint density at radius 1 is 1.05 bits per heavy atom. The third-order valence-electron chi connectivity index (χ3n) is 4.15. The van der Waals surface area contributed by atoms with Gasteiger partial charge in [0.1, 0.15) is 11.2 Å². The molecule has 0 atom stereocenters. The van der Waals surface area contributed by atoms with E-state index in [2.05, 4.69) is 15.6 Å². The number of aliphatic imine (C=N–C) groups is 1. The number of aromatic hydroxyl groups is 1. The zero-order chi connectivity index (χ0) is 16.2. The van der Waals surface area contributed by atoms with Crippen molar-refractivity contribution >= 4 is 17.8 Å². The SMILES string of the molecule is CCC1(CC)C(=O)NC(=NCCc2ccc(O)cc2)NC1=O. The van der Waals surface area contributed by atoms with Gasteiger partial charge in [-0.2, -0.15) is 0 Å². The quantitative estimate of drug-likeness (QED) is 0.717. The Morgan fingerprint density at radius 2 is 1.59 bits per heavy atom. The summed E-state index contributed by atoms with van der Waals surface area (Å²) in [6.45, 7) is 4.09. The van der Waals surface area contributed by atoms with E-state index in [1.807, 2.05) is 26.0 Å². The van der Waals surface area contributed by atoms with Gasteiger partial charge in [-0.15, -0.1) is 0 Å². The van der Waals surface area contributed by atoms with Crippen LogP contribution in [-0.2, 0) is 16.0 Å². The molecule has 2 rings (SSSR count). The van der Waals surface area contributed by atoms with E-state index in [1.165, 1.54) is 0 Å². The second-order valence-electron chi connectivity index (χ2n) is 5.34. The second kappa shape index (κ2) is 6.60. The van der Waals surface area contributed by atoms with Crippen LogP contribution in [0.15, 0.2) is 29.3 Å². The molecule has 1 heterocycles. The van der Waals surface area contributed by atoms with E-state index >= 15 is 0 Å². The van der Waals surface area contributed by atoms with Gasteiger partial charge in [0.25, 0.3) is 0 Å². The van der Waals surface area contributed by atoms with Crippen molar-refractivity contribution in [1.29, 1.82) is 0 Å². The molecule has 22 heavy (non-hydrogen) atoms. The van der Waals surface area contributed by atoms with Crippen LogP contribution in [0, 0.1) is 5.41 Å². The highest BCUT2D eigenvalue weighted by molar-refractivity contribution is 6.20. The van der Waals surface area contributed by atoms with Gasteiger partial charge in [0, 0.05) is 6.54 Å². The standard InChI is InChI=1S/C16H21N3O3/c1-3-16(4-2)13(21)18-15(19-14(16)22)17-10-9-11-5-7-12(20)8-6-11/h5-8,20H,3-4,9-10H2,1-2H3,(H2,17,18,19,21,22). The van der Waals surface area contributed by atoms with Crippen LogP contribution in [0.3, 0.4) is 0 Å². The number of nitrogens with zero attached hydrogens (tertiary/aromatic N) is 1. The smallest absolute Gasteiger partial charge is 0.242 e. The van der Waals surface area contributed by atoms with Crippen molar-refractivity contribution in [3.63, 3.8) is 0 Å². The highest BCUT2D eigenvalue weighted by atomic mass is 16.3. The van der Waals surface area contributed by atoms with Crippen LogP contribution in [0.5, 0.6) is 5.75 Å². The fraction of sp³-hybridized carbons (Fsp3) is 0.438. The lowest BCUT2D eigenvalue weighted by Gasteiger charge is -2.33. The van der Waals surface area contributed by atoms with Gasteiger partial charge in [-0.05, 0) is 37.0 Å². The van der Waals surface area contributed by atoms with Gasteiger partial charge < -0.3 is 5.11 Å². The molecule has 0 radical (unpaired) electrons. The van der Waals surface area contributed by atoms with Crippen molar-refractivity contribution in [2.75, 3.05) is 6.54 Å². The number of carbonyl (C=O) groups is 2. The predicted molar refractivity (Wildman–Crippen MR) is 83.4 cm³/mol. The summed E-state index contributed by atoms with van der Waals surface area (Å²) >= 11 is 0. The van der Waals surface area contributed by atoms with Crippen molar-refractivity contribution < 1.29 is 14.7 Å². The van der Waals surface area contributed by atoms with E-state index in [4.69, 9.17) is 0 Å². The number of benzene rings is 1. The van der Waals surface area contributed by atoms with Crippen molar-refractivity contribution in [3.05, 3.63) is 29.8 Å². The van der Waals surface area contributed by atoms with Gasteiger partial charge in [-0.25, -0.2) is 0 Å². The Balaban J connectivity index is 1.98. The summed E-state index contributed by atoms with van der Waals surface area (Å²) in [6.07, 6.45) is 1.58. The molecule has 0 saturated carbocycles. The van der Waals surface area contributed by atoms with Gasteiger partial charge in [-0.1, -0.05) is 26.0 Å². The third-order valence-corrected chi connectivity index (χ3v) is 4.15. The van der Waals surface area contributed by atoms with E-state index in [0.29, 0.717) is 25.8 Å². The van der Waals surface area contributed by atoms with Crippen LogP contribution in [0.25, 0.3) is 0 Å². The molecule has 1 aliphatic rings. The first-order valence-electron chi connectivity index (χ1n) is 7.47. The fourth-order valence-electron chi connectivity index (χ4n) is 2.52. The maximum Gasteiger partial charge on any atom is 0.242 e. The van der Waals surface area contributed by atoms with E-state index in [1.54, 1.807) is 12.1 Å².